The molecule has 2 nitrogen and oxygen atoms in total. The molecule has 0 N–H and O–H groups in total. The molecule has 0 saturated heterocycles. The van der Waals surface area contributed by atoms with Crippen LogP contribution in [-0.4, -0.2) is 4.57 Å². The highest BCUT2D eigenvalue weighted by atomic mass is 15.1. The monoisotopic (exact) mass is 588 g/mol. The van der Waals surface area contributed by atoms with Crippen molar-refractivity contribution >= 4 is 38.9 Å². The summed E-state index contributed by atoms with van der Waals surface area (Å²) >= 11 is 0. The van der Waals surface area contributed by atoms with E-state index >= 15 is 0 Å². The van der Waals surface area contributed by atoms with Crippen LogP contribution in [0.25, 0.3) is 38.6 Å². The molecule has 1 aliphatic carbocycles. The van der Waals surface area contributed by atoms with Crippen LogP contribution in [0.2, 0.25) is 0 Å². The van der Waals surface area contributed by atoms with Gasteiger partial charge in [-0.1, -0.05) is 115 Å². The van der Waals surface area contributed by atoms with E-state index < -0.39 is 0 Å². The van der Waals surface area contributed by atoms with E-state index in [2.05, 4.69) is 192 Å². The van der Waals surface area contributed by atoms with Crippen LogP contribution in [-0.2, 0) is 5.41 Å². The molecule has 2 heteroatoms. The maximum absolute atomic E-state index is 2.37. The van der Waals surface area contributed by atoms with E-state index in [1.165, 1.54) is 55.3 Å². The van der Waals surface area contributed by atoms with Gasteiger partial charge in [0.2, 0.25) is 0 Å². The lowest BCUT2D eigenvalue weighted by Crippen LogP contribution is -2.22. The Kier molecular flexibility index (Phi) is 5.97. The minimum atomic E-state index is -0.221. The van der Waals surface area contributed by atoms with Crippen LogP contribution in [0.4, 0.5) is 17.1 Å². The largest absolute Gasteiger partial charge is 0.310 e. The molecule has 0 atom stereocenters. The van der Waals surface area contributed by atoms with Crippen LogP contribution in [0, 0.1) is 0 Å². The van der Waals surface area contributed by atoms with Crippen molar-refractivity contribution in [3.05, 3.63) is 193 Å². The molecule has 218 valence electrons. The molecule has 0 amide bonds. The third-order valence-corrected chi connectivity index (χ3v) is 9.87. The average Bonchev–Trinajstić information content (AvgIpc) is 3.60. The lowest BCUT2D eigenvalue weighted by Gasteiger charge is -2.30. The fraction of sp³-hybridized carbons (Fsp3) is 0.0455. The van der Waals surface area contributed by atoms with Crippen molar-refractivity contribution in [3.8, 4) is 16.8 Å². The summed E-state index contributed by atoms with van der Waals surface area (Å²) in [6, 6.07) is 63.9. The van der Waals surface area contributed by atoms with Crippen LogP contribution in [0.3, 0.4) is 0 Å². The number of anilines is 3. The molecule has 1 aromatic heterocycles. The molecule has 0 spiro atoms. The van der Waals surface area contributed by atoms with Gasteiger partial charge in [-0.15, -0.1) is 0 Å². The summed E-state index contributed by atoms with van der Waals surface area (Å²) in [6.45, 7) is 2.37. The number of nitrogens with zero attached hydrogens (tertiary/aromatic N) is 2. The molecule has 1 heterocycles. The van der Waals surface area contributed by atoms with Gasteiger partial charge in [0.15, 0.2) is 0 Å². The summed E-state index contributed by atoms with van der Waals surface area (Å²) in [4.78, 5) is 2.37. The first-order valence-electron chi connectivity index (χ1n) is 16.0. The lowest BCUT2D eigenvalue weighted by molar-refractivity contribution is 0.714. The van der Waals surface area contributed by atoms with Crippen molar-refractivity contribution in [2.45, 2.75) is 12.3 Å². The lowest BCUT2D eigenvalue weighted by atomic mass is 9.74. The molecular weight excluding hydrogens is 556 g/mol. The van der Waals surface area contributed by atoms with Crippen LogP contribution < -0.4 is 4.90 Å². The van der Waals surface area contributed by atoms with E-state index in [-0.39, 0.29) is 5.41 Å². The van der Waals surface area contributed by atoms with E-state index in [0.29, 0.717) is 0 Å². The number of benzene rings is 7. The Morgan fingerprint density at radius 3 is 1.65 bits per heavy atom. The standard InChI is InChI=1S/C44H32N2/c1-44(40-21-11-8-18-36(40)37-19-9-12-22-41(37)44)31-24-26-34(27-25-31)45(32-14-4-2-5-15-32)35-28-29-43-39(30-35)38-20-10-13-23-42(38)46(43)33-16-6-3-7-17-33/h2-30H,1H3. The second kappa shape index (κ2) is 10.4. The van der Waals surface area contributed by atoms with Crippen LogP contribution in [0.15, 0.2) is 176 Å². The molecule has 0 fully saturated rings. The van der Waals surface area contributed by atoms with Gasteiger partial charge >= 0.3 is 0 Å². The second-order valence-corrected chi connectivity index (χ2v) is 12.3. The minimum absolute atomic E-state index is 0.221. The third-order valence-electron chi connectivity index (χ3n) is 9.87. The smallest absolute Gasteiger partial charge is 0.0542 e. The fourth-order valence-electron chi connectivity index (χ4n) is 7.69. The van der Waals surface area contributed by atoms with Gasteiger partial charge in [-0.25, -0.2) is 0 Å². The normalized spacial score (nSPS) is 13.1. The van der Waals surface area contributed by atoms with Crippen molar-refractivity contribution < 1.29 is 0 Å². The topological polar surface area (TPSA) is 8.17 Å². The molecule has 9 rings (SSSR count). The molecule has 1 aliphatic rings. The van der Waals surface area contributed by atoms with Gasteiger partial charge in [0.05, 0.1) is 11.0 Å². The van der Waals surface area contributed by atoms with Crippen LogP contribution in [0.1, 0.15) is 23.6 Å². The minimum Gasteiger partial charge on any atom is -0.310 e. The maximum Gasteiger partial charge on any atom is 0.0542 e. The number of rotatable bonds is 5. The molecule has 0 bridgehead atoms. The molecular formula is C44H32N2. The third kappa shape index (κ3) is 3.90. The summed E-state index contributed by atoms with van der Waals surface area (Å²) in [6.07, 6.45) is 0. The van der Waals surface area contributed by atoms with Crippen LogP contribution in [0.5, 0.6) is 0 Å². The van der Waals surface area contributed by atoms with Crippen molar-refractivity contribution in [2.75, 3.05) is 4.90 Å². The predicted molar refractivity (Wildman–Crippen MR) is 193 cm³/mol. The summed E-state index contributed by atoms with van der Waals surface area (Å²) in [7, 11) is 0. The number of fused-ring (bicyclic) bond motifs is 6. The zero-order valence-electron chi connectivity index (χ0n) is 25.6. The Hall–Kier alpha value is -5.86. The Morgan fingerprint density at radius 1 is 0.435 bits per heavy atom. The van der Waals surface area contributed by atoms with Crippen molar-refractivity contribution in [2.24, 2.45) is 0 Å². The predicted octanol–water partition coefficient (Wildman–Crippen LogP) is 11.6. The maximum atomic E-state index is 2.37. The zero-order chi connectivity index (χ0) is 30.7. The number of aromatic nitrogens is 1. The van der Waals surface area contributed by atoms with Gasteiger partial charge in [-0.3, -0.25) is 0 Å². The molecule has 7 aromatic carbocycles. The fourth-order valence-corrected chi connectivity index (χ4v) is 7.69. The van der Waals surface area contributed by atoms with Gasteiger partial charge in [0, 0.05) is 38.9 Å². The summed E-state index contributed by atoms with van der Waals surface area (Å²) in [5.41, 5.74) is 13.4. The highest BCUT2D eigenvalue weighted by Gasteiger charge is 2.40. The van der Waals surface area contributed by atoms with Gasteiger partial charge < -0.3 is 9.47 Å². The first-order valence-corrected chi connectivity index (χ1v) is 16.0. The van der Waals surface area contributed by atoms with Crippen LogP contribution >= 0.6 is 0 Å². The number of hydrogen-bond donors (Lipinski definition) is 0. The Balaban J connectivity index is 1.20. The Labute approximate surface area is 269 Å². The second-order valence-electron chi connectivity index (χ2n) is 12.3. The SMILES string of the molecule is CC1(c2ccc(N(c3ccccc3)c3ccc4c(c3)c3ccccc3n4-c3ccccc3)cc2)c2ccccc2-c2ccccc21. The molecule has 0 saturated carbocycles. The molecule has 0 radical (unpaired) electrons. The molecule has 46 heavy (non-hydrogen) atoms. The molecule has 8 aromatic rings. The highest BCUT2D eigenvalue weighted by Crippen LogP contribution is 2.52. The summed E-state index contributed by atoms with van der Waals surface area (Å²) in [5.74, 6) is 0. The number of hydrogen-bond acceptors (Lipinski definition) is 1. The van der Waals surface area contributed by atoms with E-state index in [1.807, 2.05) is 0 Å². The Bertz CT molecular complexity index is 2320. The summed E-state index contributed by atoms with van der Waals surface area (Å²) < 4.78 is 2.37. The van der Waals surface area contributed by atoms with E-state index in [4.69, 9.17) is 0 Å². The van der Waals surface area contributed by atoms with E-state index in [0.717, 1.165) is 17.1 Å². The van der Waals surface area contributed by atoms with E-state index in [1.54, 1.807) is 0 Å². The number of para-hydroxylation sites is 3. The van der Waals surface area contributed by atoms with Gasteiger partial charge in [0.1, 0.15) is 0 Å². The quantitative estimate of drug-likeness (QED) is 0.194. The van der Waals surface area contributed by atoms with Gasteiger partial charge in [-0.2, -0.15) is 0 Å². The average molecular weight is 589 g/mol. The Morgan fingerprint density at radius 2 is 0.957 bits per heavy atom. The van der Waals surface area contributed by atoms with Crippen molar-refractivity contribution in [1.29, 1.82) is 0 Å². The van der Waals surface area contributed by atoms with Crippen molar-refractivity contribution in [3.63, 3.8) is 0 Å². The van der Waals surface area contributed by atoms with Gasteiger partial charge in [0.25, 0.3) is 0 Å². The first-order chi connectivity index (χ1) is 22.7. The van der Waals surface area contributed by atoms with Crippen molar-refractivity contribution in [1.82, 2.24) is 4.57 Å². The highest BCUT2D eigenvalue weighted by molar-refractivity contribution is 6.10. The molecule has 0 aliphatic heterocycles. The van der Waals surface area contributed by atoms with E-state index in [9.17, 15) is 0 Å². The zero-order valence-corrected chi connectivity index (χ0v) is 25.6. The first kappa shape index (κ1) is 26.5. The molecule has 0 unspecified atom stereocenters. The van der Waals surface area contributed by atoms with Gasteiger partial charge in [-0.05, 0) is 95.4 Å². The summed E-state index contributed by atoms with van der Waals surface area (Å²) in [5, 5.41) is 2.49.